The zero-order valence-electron chi connectivity index (χ0n) is 29.3. The van der Waals surface area contributed by atoms with Crippen LogP contribution in [0.5, 0.6) is 5.75 Å². The number of methoxy groups -OCH3 is 1. The van der Waals surface area contributed by atoms with E-state index in [1.54, 1.807) is 12.0 Å². The molecule has 1 saturated carbocycles. The Morgan fingerprint density at radius 1 is 1.06 bits per heavy atom. The van der Waals surface area contributed by atoms with Gasteiger partial charge in [0.25, 0.3) is 0 Å². The van der Waals surface area contributed by atoms with Gasteiger partial charge in [0, 0.05) is 74.4 Å². The highest BCUT2D eigenvalue weighted by atomic mass is 35.5. The highest BCUT2D eigenvalue weighted by molar-refractivity contribution is 6.30. The number of piperazine rings is 1. The number of ether oxygens (including phenoxy) is 2. The second kappa shape index (κ2) is 19.6. The number of aryl methyl sites for hydroxylation is 1. The van der Waals surface area contributed by atoms with Crippen LogP contribution in [-0.2, 0) is 22.5 Å². The molecule has 11 heteroatoms. The topological polar surface area (TPSA) is 101 Å². The van der Waals surface area contributed by atoms with E-state index in [0.29, 0.717) is 30.6 Å². The number of nitrogens with zero attached hydrogens (tertiary/aromatic N) is 5. The van der Waals surface area contributed by atoms with Gasteiger partial charge in [-0.15, -0.1) is 0 Å². The summed E-state index contributed by atoms with van der Waals surface area (Å²) in [6, 6.07) is 5.24. The number of nitrogens with one attached hydrogen (secondary N) is 1. The Hall–Kier alpha value is -3.37. The number of carbonyl (C=O) groups is 2. The molecule has 48 heavy (non-hydrogen) atoms. The van der Waals surface area contributed by atoms with Crippen LogP contribution >= 0.6 is 11.6 Å². The van der Waals surface area contributed by atoms with E-state index in [2.05, 4.69) is 32.1 Å². The number of hydrogen-bond acceptors (Lipinski definition) is 7. The minimum atomic E-state index is -0.468. The Morgan fingerprint density at radius 3 is 2.58 bits per heavy atom. The number of allylic oxidation sites excluding steroid dienone is 2. The Bertz CT molecular complexity index is 1370. The van der Waals surface area contributed by atoms with Crippen molar-refractivity contribution in [3.8, 4) is 5.75 Å². The van der Waals surface area contributed by atoms with Gasteiger partial charge in [0.15, 0.2) is 0 Å². The van der Waals surface area contributed by atoms with Crippen molar-refractivity contribution in [2.45, 2.75) is 104 Å². The predicted octanol–water partition coefficient (Wildman–Crippen LogP) is 6.84. The Kier molecular flexibility index (Phi) is 15.3. The minimum Gasteiger partial charge on any atom is -0.496 e. The summed E-state index contributed by atoms with van der Waals surface area (Å²) in [5.74, 6) is 1.29. The molecule has 10 nitrogen and oxygen atoms in total. The van der Waals surface area contributed by atoms with E-state index in [0.717, 1.165) is 100 Å². The zero-order valence-corrected chi connectivity index (χ0v) is 30.1. The van der Waals surface area contributed by atoms with Crippen molar-refractivity contribution in [3.63, 3.8) is 0 Å². The summed E-state index contributed by atoms with van der Waals surface area (Å²) in [6.07, 6.45) is 18.1. The number of carbonyl (C=O) groups excluding carboxylic acids is 2. The molecule has 0 spiro atoms. The van der Waals surface area contributed by atoms with E-state index in [1.807, 2.05) is 56.4 Å². The number of aromatic nitrogens is 2. The zero-order chi connectivity index (χ0) is 34.3. The molecular weight excluding hydrogens is 628 g/mol. The van der Waals surface area contributed by atoms with E-state index in [-0.39, 0.29) is 18.1 Å². The SMILES string of the molecule is CC.COc1cc(Cl)ccc1CC1=CCCC=N1.Cc1cn(C[C@@H]2CCCN(C(=O)[C@H]3CNCCN3C(=O)OC3CCCCC3)C2)cn1. The summed E-state index contributed by atoms with van der Waals surface area (Å²) in [7, 11) is 1.66. The third-order valence-electron chi connectivity index (χ3n) is 9.20. The second-order valence-electron chi connectivity index (χ2n) is 12.8. The quantitative estimate of drug-likeness (QED) is 0.343. The summed E-state index contributed by atoms with van der Waals surface area (Å²) in [4.78, 5) is 38.5. The van der Waals surface area contributed by atoms with E-state index < -0.39 is 6.04 Å². The van der Waals surface area contributed by atoms with E-state index in [4.69, 9.17) is 21.1 Å². The fourth-order valence-corrected chi connectivity index (χ4v) is 6.93. The summed E-state index contributed by atoms with van der Waals surface area (Å²) in [5, 5.41) is 3.98. The van der Waals surface area contributed by atoms with Gasteiger partial charge in [0.1, 0.15) is 17.9 Å². The van der Waals surface area contributed by atoms with Gasteiger partial charge in [-0.1, -0.05) is 44.0 Å². The van der Waals surface area contributed by atoms with Gasteiger partial charge in [0.05, 0.1) is 19.1 Å². The normalized spacial score (nSPS) is 21.2. The fourth-order valence-electron chi connectivity index (χ4n) is 6.77. The van der Waals surface area contributed by atoms with Gasteiger partial charge >= 0.3 is 6.09 Å². The lowest BCUT2D eigenvalue weighted by Gasteiger charge is -2.40. The molecule has 3 fully saturated rings. The molecule has 2 saturated heterocycles. The molecule has 0 unspecified atom stereocenters. The molecule has 1 N–H and O–H groups in total. The van der Waals surface area contributed by atoms with Crippen LogP contribution in [0.1, 0.15) is 82.9 Å². The first kappa shape index (κ1) is 37.4. The second-order valence-corrected chi connectivity index (χ2v) is 13.2. The lowest BCUT2D eigenvalue weighted by Crippen LogP contribution is -2.61. The molecule has 2 aromatic rings. The molecule has 1 aromatic heterocycles. The molecule has 0 bridgehead atoms. The van der Waals surface area contributed by atoms with Crippen molar-refractivity contribution in [2.75, 3.05) is 39.8 Å². The average Bonchev–Trinajstić information content (AvgIpc) is 3.54. The monoisotopic (exact) mass is 682 g/mol. The van der Waals surface area contributed by atoms with Gasteiger partial charge in [-0.05, 0) is 76.3 Å². The molecule has 6 rings (SSSR count). The number of imidazole rings is 1. The maximum Gasteiger partial charge on any atom is 0.410 e. The van der Waals surface area contributed by atoms with E-state index in [1.165, 1.54) is 6.42 Å². The van der Waals surface area contributed by atoms with Crippen LogP contribution in [0.3, 0.4) is 0 Å². The Labute approximate surface area is 291 Å². The van der Waals surface area contributed by atoms with Gasteiger partial charge in [-0.3, -0.25) is 14.7 Å². The first-order valence-corrected chi connectivity index (χ1v) is 18.3. The predicted molar refractivity (Wildman–Crippen MR) is 192 cm³/mol. The van der Waals surface area contributed by atoms with Crippen molar-refractivity contribution in [1.29, 1.82) is 0 Å². The summed E-state index contributed by atoms with van der Waals surface area (Å²) >= 11 is 5.91. The van der Waals surface area contributed by atoms with E-state index in [9.17, 15) is 9.59 Å². The molecule has 4 heterocycles. The summed E-state index contributed by atoms with van der Waals surface area (Å²) in [5.41, 5.74) is 3.24. The van der Waals surface area contributed by atoms with Crippen molar-refractivity contribution < 1.29 is 19.1 Å². The van der Waals surface area contributed by atoms with Crippen LogP contribution in [0.2, 0.25) is 5.02 Å². The summed E-state index contributed by atoms with van der Waals surface area (Å²) in [6.45, 7) is 10.1. The number of piperidine rings is 1. The first-order valence-electron chi connectivity index (χ1n) is 17.9. The smallest absolute Gasteiger partial charge is 0.410 e. The number of aliphatic imine (C=N–C) groups is 1. The Balaban J connectivity index is 0.000000243. The maximum absolute atomic E-state index is 13.4. The molecule has 1 aliphatic carbocycles. The fraction of sp³-hybridized carbons (Fsp3) is 0.622. The minimum absolute atomic E-state index is 0.00916. The third-order valence-corrected chi connectivity index (χ3v) is 9.43. The molecule has 0 radical (unpaired) electrons. The van der Waals surface area contributed by atoms with Crippen LogP contribution in [0.15, 0.2) is 47.5 Å². The van der Waals surface area contributed by atoms with Crippen LogP contribution < -0.4 is 10.1 Å². The van der Waals surface area contributed by atoms with Crippen LogP contribution in [0.4, 0.5) is 4.79 Å². The molecule has 4 aliphatic rings. The van der Waals surface area contributed by atoms with Crippen molar-refractivity contribution >= 4 is 29.8 Å². The Morgan fingerprint density at radius 2 is 1.88 bits per heavy atom. The van der Waals surface area contributed by atoms with Crippen molar-refractivity contribution in [2.24, 2.45) is 10.9 Å². The highest BCUT2D eigenvalue weighted by Crippen LogP contribution is 2.27. The van der Waals surface area contributed by atoms with Crippen molar-refractivity contribution in [3.05, 3.63) is 58.8 Å². The number of benzene rings is 1. The van der Waals surface area contributed by atoms with Crippen molar-refractivity contribution in [1.82, 2.24) is 24.7 Å². The van der Waals surface area contributed by atoms with Gasteiger partial charge in [-0.25, -0.2) is 9.78 Å². The molecule has 3 aliphatic heterocycles. The lowest BCUT2D eigenvalue weighted by molar-refractivity contribution is -0.139. The van der Waals surface area contributed by atoms with Crippen LogP contribution in [0.25, 0.3) is 0 Å². The average molecular weight is 683 g/mol. The number of rotatable bonds is 7. The van der Waals surface area contributed by atoms with Crippen LogP contribution in [-0.4, -0.2) is 89.5 Å². The highest BCUT2D eigenvalue weighted by Gasteiger charge is 2.38. The lowest BCUT2D eigenvalue weighted by atomic mass is 9.97. The molecule has 2 atom stereocenters. The van der Waals surface area contributed by atoms with Gasteiger partial charge in [-0.2, -0.15) is 0 Å². The number of amides is 2. The first-order chi connectivity index (χ1) is 23.4. The molecular formula is C37H55ClN6O4. The third kappa shape index (κ3) is 11.1. The van der Waals surface area contributed by atoms with Gasteiger partial charge < -0.3 is 24.3 Å². The molecule has 2 amide bonds. The van der Waals surface area contributed by atoms with Gasteiger partial charge in [0.2, 0.25) is 5.91 Å². The standard InChI is InChI=1S/C22H35N5O3.C13H14ClNO.C2H6/c1-17-13-25(16-24-17)14-18-6-5-10-26(15-18)21(28)20-12-23-9-11-27(20)22(29)30-19-7-3-2-4-8-19;1-16-13-9-11(14)6-5-10(13)8-12-4-2-3-7-15-12;1-2/h13,16,18-20,23H,2-12,14-15H2,1H3;4-7,9H,2-3,8H2,1H3;1-2H3/t18-,20+;;/m0../s1. The number of likely N-dealkylation sites (tertiary alicyclic amines) is 1. The molecule has 264 valence electrons. The summed E-state index contributed by atoms with van der Waals surface area (Å²) < 4.78 is 13.2. The number of hydrogen-bond donors (Lipinski definition) is 1. The van der Waals surface area contributed by atoms with Crippen LogP contribution in [0, 0.1) is 12.8 Å². The van der Waals surface area contributed by atoms with E-state index >= 15 is 0 Å². The maximum atomic E-state index is 13.4. The largest absolute Gasteiger partial charge is 0.496 e. The number of halogens is 1. The molecule has 1 aromatic carbocycles.